The van der Waals surface area contributed by atoms with Gasteiger partial charge in [-0.1, -0.05) is 0 Å². The minimum absolute atomic E-state index is 0.0311. The van der Waals surface area contributed by atoms with Crippen LogP contribution in [0.15, 0.2) is 0 Å². The fourth-order valence-electron chi connectivity index (χ4n) is 1.38. The lowest BCUT2D eigenvalue weighted by Crippen LogP contribution is -2.31. The maximum Gasteiger partial charge on any atom is 0.325 e. The van der Waals surface area contributed by atoms with E-state index in [-0.39, 0.29) is 49.9 Å². The minimum atomic E-state index is -0.645. The molecule has 0 aromatic heterocycles. The molecule has 0 fully saturated rings. The van der Waals surface area contributed by atoms with Crippen molar-refractivity contribution in [3.05, 3.63) is 0 Å². The van der Waals surface area contributed by atoms with Gasteiger partial charge in [-0.3, -0.25) is 24.0 Å². The summed E-state index contributed by atoms with van der Waals surface area (Å²) in [5.74, 6) is -1.97. The van der Waals surface area contributed by atoms with Crippen LogP contribution in [0.4, 0.5) is 0 Å². The smallest absolute Gasteiger partial charge is 0.325 e. The number of Topliss-reactive ketones (excluding diaryl/α,β-unsaturated/α-hetero) is 2. The van der Waals surface area contributed by atoms with Crippen molar-refractivity contribution in [3.63, 3.8) is 0 Å². The van der Waals surface area contributed by atoms with Crippen molar-refractivity contribution < 1.29 is 28.7 Å². The number of amides is 2. The quantitative estimate of drug-likeness (QED) is 0.329. The van der Waals surface area contributed by atoms with Crippen LogP contribution in [0.5, 0.6) is 0 Å². The average molecular weight is 314 g/mol. The molecular formula is C14H22N2O6. The summed E-state index contributed by atoms with van der Waals surface area (Å²) in [7, 11) is 3.13. The highest BCUT2D eigenvalue weighted by atomic mass is 16.5. The second-order valence-corrected chi connectivity index (χ2v) is 4.98. The predicted molar refractivity (Wildman–Crippen MR) is 76.8 cm³/mol. The molecule has 0 heterocycles. The van der Waals surface area contributed by atoms with Crippen LogP contribution in [0.25, 0.3) is 0 Å². The van der Waals surface area contributed by atoms with Gasteiger partial charge in [-0.2, -0.15) is 0 Å². The van der Waals surface area contributed by atoms with Crippen LogP contribution in [0, 0.1) is 0 Å². The summed E-state index contributed by atoms with van der Waals surface area (Å²) in [6.07, 6.45) is 0.0139. The zero-order chi connectivity index (χ0) is 17.1. The monoisotopic (exact) mass is 314 g/mol. The van der Waals surface area contributed by atoms with Gasteiger partial charge in [0.15, 0.2) is 0 Å². The van der Waals surface area contributed by atoms with E-state index in [0.717, 1.165) is 0 Å². The van der Waals surface area contributed by atoms with E-state index in [1.807, 2.05) is 0 Å². The Morgan fingerprint density at radius 3 is 2.23 bits per heavy atom. The molecule has 0 aromatic rings. The number of rotatable bonds is 10. The number of ketones is 2. The van der Waals surface area contributed by atoms with E-state index in [1.54, 1.807) is 14.1 Å². The van der Waals surface area contributed by atoms with Crippen molar-refractivity contribution in [1.82, 2.24) is 10.2 Å². The fraction of sp³-hybridized carbons (Fsp3) is 0.643. The van der Waals surface area contributed by atoms with Crippen LogP contribution in [-0.2, 0) is 28.7 Å². The van der Waals surface area contributed by atoms with Gasteiger partial charge in [0.1, 0.15) is 18.1 Å². The predicted octanol–water partition coefficient (Wildman–Crippen LogP) is -0.547. The van der Waals surface area contributed by atoms with Gasteiger partial charge >= 0.3 is 5.97 Å². The Bertz CT molecular complexity index is 445. The van der Waals surface area contributed by atoms with E-state index in [2.05, 4.69) is 5.32 Å². The van der Waals surface area contributed by atoms with E-state index in [4.69, 9.17) is 4.74 Å². The molecule has 22 heavy (non-hydrogen) atoms. The second-order valence-electron chi connectivity index (χ2n) is 4.98. The first-order valence-electron chi connectivity index (χ1n) is 6.86. The zero-order valence-electron chi connectivity index (χ0n) is 13.1. The molecule has 124 valence electrons. The van der Waals surface area contributed by atoms with E-state index in [1.165, 1.54) is 11.8 Å². The first kappa shape index (κ1) is 19.8. The lowest BCUT2D eigenvalue weighted by Gasteiger charge is -2.09. The average Bonchev–Trinajstić information content (AvgIpc) is 2.40. The number of ether oxygens (including phenoxy) is 1. The molecule has 0 radical (unpaired) electrons. The normalized spacial score (nSPS) is 9.77. The van der Waals surface area contributed by atoms with Crippen LogP contribution in [0.2, 0.25) is 0 Å². The fourth-order valence-corrected chi connectivity index (χ4v) is 1.38. The Hall–Kier alpha value is -2.25. The van der Waals surface area contributed by atoms with E-state index in [9.17, 15) is 24.0 Å². The molecule has 1 N–H and O–H groups in total. The third kappa shape index (κ3) is 10.5. The number of carbonyl (C=O) groups excluding carboxylic acids is 5. The Balaban J connectivity index is 3.72. The summed E-state index contributed by atoms with van der Waals surface area (Å²) < 4.78 is 4.81. The maximum absolute atomic E-state index is 11.4. The molecule has 2 amide bonds. The molecule has 8 nitrogen and oxygen atoms in total. The van der Waals surface area contributed by atoms with Crippen LogP contribution in [-0.4, -0.2) is 61.5 Å². The minimum Gasteiger partial charge on any atom is -0.464 e. The third-order valence-corrected chi connectivity index (χ3v) is 2.55. The van der Waals surface area contributed by atoms with Gasteiger partial charge in [-0.25, -0.2) is 0 Å². The van der Waals surface area contributed by atoms with Crippen LogP contribution in [0.1, 0.15) is 32.6 Å². The summed E-state index contributed by atoms with van der Waals surface area (Å²) >= 11 is 0. The molecule has 0 atom stereocenters. The number of hydrogen-bond acceptors (Lipinski definition) is 6. The van der Waals surface area contributed by atoms with Crippen molar-refractivity contribution >= 4 is 29.4 Å². The highest BCUT2D eigenvalue weighted by molar-refractivity contribution is 5.98. The lowest BCUT2D eigenvalue weighted by molar-refractivity contribution is -0.144. The molecule has 0 aliphatic heterocycles. The Kier molecular flexibility index (Phi) is 9.40. The molecule has 0 aromatic carbocycles. The second kappa shape index (κ2) is 10.5. The molecule has 8 heteroatoms. The largest absolute Gasteiger partial charge is 0.464 e. The molecule has 0 unspecified atom stereocenters. The third-order valence-electron chi connectivity index (χ3n) is 2.55. The highest BCUT2D eigenvalue weighted by Gasteiger charge is 2.12. The van der Waals surface area contributed by atoms with E-state index in [0.29, 0.717) is 6.42 Å². The highest BCUT2D eigenvalue weighted by Crippen LogP contribution is 1.98. The van der Waals surface area contributed by atoms with Crippen molar-refractivity contribution in [2.24, 2.45) is 0 Å². The number of esters is 1. The van der Waals surface area contributed by atoms with Gasteiger partial charge in [0.25, 0.3) is 0 Å². The van der Waals surface area contributed by atoms with Crippen molar-refractivity contribution in [1.29, 1.82) is 0 Å². The summed E-state index contributed by atoms with van der Waals surface area (Å²) in [6, 6.07) is 0. The summed E-state index contributed by atoms with van der Waals surface area (Å²) in [4.78, 5) is 57.1. The maximum atomic E-state index is 11.4. The van der Waals surface area contributed by atoms with E-state index >= 15 is 0 Å². The topological polar surface area (TPSA) is 110 Å². The van der Waals surface area contributed by atoms with Gasteiger partial charge in [0.05, 0.1) is 19.4 Å². The van der Waals surface area contributed by atoms with Crippen LogP contribution in [0.3, 0.4) is 0 Å². The first-order chi connectivity index (χ1) is 10.2. The van der Waals surface area contributed by atoms with Gasteiger partial charge in [0.2, 0.25) is 11.8 Å². The molecule has 0 aliphatic rings. The summed E-state index contributed by atoms with van der Waals surface area (Å²) in [6.45, 7) is 0.985. The summed E-state index contributed by atoms with van der Waals surface area (Å²) in [5.41, 5.74) is 0. The number of nitrogens with zero attached hydrogens (tertiary/aromatic N) is 1. The first-order valence-corrected chi connectivity index (χ1v) is 6.86. The van der Waals surface area contributed by atoms with Crippen molar-refractivity contribution in [2.45, 2.75) is 32.6 Å². The molecule has 0 spiro atoms. The molecule has 0 saturated heterocycles. The standard InChI is InChI=1S/C14H22N2O6/c1-10(17)7-12(19)15-9-14(21)22-6-4-5-11(18)8-13(20)16(2)3/h4-9H2,1-3H3,(H,15,19). The van der Waals surface area contributed by atoms with Gasteiger partial charge in [-0.15, -0.1) is 0 Å². The van der Waals surface area contributed by atoms with Crippen molar-refractivity contribution in [2.75, 3.05) is 27.2 Å². The van der Waals surface area contributed by atoms with Crippen molar-refractivity contribution in [3.8, 4) is 0 Å². The van der Waals surface area contributed by atoms with Gasteiger partial charge in [0, 0.05) is 20.5 Å². The molecule has 0 bridgehead atoms. The Morgan fingerprint density at radius 2 is 1.68 bits per heavy atom. The van der Waals surface area contributed by atoms with Gasteiger partial charge < -0.3 is 15.0 Å². The number of hydrogen-bond donors (Lipinski definition) is 1. The zero-order valence-corrected chi connectivity index (χ0v) is 13.1. The molecule has 0 aliphatic carbocycles. The van der Waals surface area contributed by atoms with Crippen LogP contribution >= 0.6 is 0 Å². The van der Waals surface area contributed by atoms with Crippen LogP contribution < -0.4 is 5.32 Å². The Labute approximate surface area is 129 Å². The SMILES string of the molecule is CC(=O)CC(=O)NCC(=O)OCCCC(=O)CC(=O)N(C)C. The number of nitrogens with one attached hydrogen (secondary N) is 1. The molecule has 0 saturated carbocycles. The number of carbonyl (C=O) groups is 5. The van der Waals surface area contributed by atoms with Gasteiger partial charge in [-0.05, 0) is 13.3 Å². The molecular weight excluding hydrogens is 292 g/mol. The lowest BCUT2D eigenvalue weighted by atomic mass is 10.1. The van der Waals surface area contributed by atoms with E-state index < -0.39 is 11.9 Å². The molecule has 0 rings (SSSR count). The summed E-state index contributed by atoms with van der Waals surface area (Å²) in [5, 5.41) is 2.25. The Morgan fingerprint density at radius 1 is 1.05 bits per heavy atom.